The Balaban J connectivity index is 1.72. The molecular weight excluding hydrogens is 317 g/mol. The Hall–Kier alpha value is -0.980. The van der Waals surface area contributed by atoms with E-state index in [-0.39, 0.29) is 12.0 Å². The molecule has 0 amide bonds. The summed E-state index contributed by atoms with van der Waals surface area (Å²) >= 11 is 0. The third-order valence-electron chi connectivity index (χ3n) is 5.00. The first kappa shape index (κ1) is 16.9. The van der Waals surface area contributed by atoms with Crippen LogP contribution in [-0.4, -0.2) is 44.7 Å². The van der Waals surface area contributed by atoms with Gasteiger partial charge in [-0.05, 0) is 50.7 Å². The van der Waals surface area contributed by atoms with Crippen LogP contribution in [0.5, 0.6) is 0 Å². The number of sulfonamides is 1. The van der Waals surface area contributed by atoms with Crippen LogP contribution in [0.1, 0.15) is 31.7 Å². The summed E-state index contributed by atoms with van der Waals surface area (Å²) in [6, 6.07) is 6.92. The minimum Gasteiger partial charge on any atom is -0.378 e. The molecule has 0 bridgehead atoms. The van der Waals surface area contributed by atoms with Gasteiger partial charge in [-0.25, -0.2) is 12.8 Å². The van der Waals surface area contributed by atoms with Gasteiger partial charge in [-0.15, -0.1) is 0 Å². The molecule has 1 aromatic carbocycles. The number of rotatable bonds is 2. The molecule has 1 spiro atoms. The molecule has 23 heavy (non-hydrogen) atoms. The van der Waals surface area contributed by atoms with Crippen LogP contribution < -0.4 is 0 Å². The van der Waals surface area contributed by atoms with Crippen LogP contribution in [0.3, 0.4) is 0 Å². The monoisotopic (exact) mass is 341 g/mol. The van der Waals surface area contributed by atoms with E-state index in [1.54, 1.807) is 19.1 Å². The number of aryl methyl sites for hydroxylation is 1. The highest BCUT2D eigenvalue weighted by atomic mass is 32.2. The molecule has 0 aliphatic carbocycles. The number of nitrogens with zero attached hydrogens (tertiary/aromatic N) is 1. The predicted octanol–water partition coefficient (Wildman–Crippen LogP) is 2.91. The van der Waals surface area contributed by atoms with Crippen molar-refractivity contribution in [3.8, 4) is 0 Å². The molecule has 1 atom stereocenters. The largest absolute Gasteiger partial charge is 0.378 e. The SMILES string of the molecule is Cc1ccc(S(=O)(=O)N2CCC3(CC2)COCC(C)(F)C3)cc1. The average molecular weight is 341 g/mol. The summed E-state index contributed by atoms with van der Waals surface area (Å²) in [6.07, 6.45) is 1.76. The van der Waals surface area contributed by atoms with Crippen LogP contribution in [-0.2, 0) is 14.8 Å². The lowest BCUT2D eigenvalue weighted by atomic mass is 9.71. The Bertz CT molecular complexity index is 662. The number of benzene rings is 1. The third-order valence-corrected chi connectivity index (χ3v) is 6.91. The van der Waals surface area contributed by atoms with Crippen LogP contribution in [0.25, 0.3) is 0 Å². The highest BCUT2D eigenvalue weighted by Crippen LogP contribution is 2.44. The molecule has 0 aromatic heterocycles. The van der Waals surface area contributed by atoms with Gasteiger partial charge in [-0.1, -0.05) is 17.7 Å². The Morgan fingerprint density at radius 1 is 1.13 bits per heavy atom. The smallest absolute Gasteiger partial charge is 0.243 e. The number of ether oxygens (including phenoxy) is 1. The highest BCUT2D eigenvalue weighted by Gasteiger charge is 2.46. The first-order valence-electron chi connectivity index (χ1n) is 8.06. The zero-order chi connectivity index (χ0) is 16.7. The van der Waals surface area contributed by atoms with Crippen molar-refractivity contribution in [3.63, 3.8) is 0 Å². The van der Waals surface area contributed by atoms with Gasteiger partial charge in [-0.3, -0.25) is 0 Å². The maximum atomic E-state index is 14.3. The summed E-state index contributed by atoms with van der Waals surface area (Å²) in [7, 11) is -3.46. The summed E-state index contributed by atoms with van der Waals surface area (Å²) in [5.41, 5.74) is -0.500. The molecule has 1 aromatic rings. The Labute approximate surface area is 137 Å². The van der Waals surface area contributed by atoms with E-state index in [2.05, 4.69) is 0 Å². The van der Waals surface area contributed by atoms with Gasteiger partial charge in [0, 0.05) is 13.1 Å². The van der Waals surface area contributed by atoms with E-state index in [0.717, 1.165) is 5.56 Å². The second-order valence-electron chi connectivity index (χ2n) is 7.30. The summed E-state index contributed by atoms with van der Waals surface area (Å²) in [6.45, 7) is 5.03. The van der Waals surface area contributed by atoms with Crippen molar-refractivity contribution >= 4 is 10.0 Å². The van der Waals surface area contributed by atoms with Gasteiger partial charge in [0.2, 0.25) is 10.0 Å². The molecule has 2 heterocycles. The molecule has 4 nitrogen and oxygen atoms in total. The highest BCUT2D eigenvalue weighted by molar-refractivity contribution is 7.89. The maximum Gasteiger partial charge on any atom is 0.243 e. The quantitative estimate of drug-likeness (QED) is 0.831. The van der Waals surface area contributed by atoms with Crippen molar-refractivity contribution in [2.45, 2.75) is 43.7 Å². The van der Waals surface area contributed by atoms with E-state index >= 15 is 0 Å². The molecule has 1 unspecified atom stereocenters. The molecule has 2 aliphatic heterocycles. The van der Waals surface area contributed by atoms with Crippen molar-refractivity contribution in [2.75, 3.05) is 26.3 Å². The second kappa shape index (κ2) is 5.83. The van der Waals surface area contributed by atoms with E-state index in [1.165, 1.54) is 4.31 Å². The fourth-order valence-corrected chi connectivity index (χ4v) is 5.19. The van der Waals surface area contributed by atoms with Crippen LogP contribution in [0.2, 0.25) is 0 Å². The lowest BCUT2D eigenvalue weighted by Gasteiger charge is -2.46. The van der Waals surface area contributed by atoms with Gasteiger partial charge >= 0.3 is 0 Å². The van der Waals surface area contributed by atoms with E-state index in [1.807, 2.05) is 19.1 Å². The van der Waals surface area contributed by atoms with Crippen LogP contribution >= 0.6 is 0 Å². The van der Waals surface area contributed by atoms with Gasteiger partial charge in [0.25, 0.3) is 0 Å². The van der Waals surface area contributed by atoms with Crippen LogP contribution in [0.15, 0.2) is 29.2 Å². The fourth-order valence-electron chi connectivity index (χ4n) is 3.75. The molecule has 6 heteroatoms. The first-order valence-corrected chi connectivity index (χ1v) is 9.50. The zero-order valence-electron chi connectivity index (χ0n) is 13.7. The summed E-state index contributed by atoms with van der Waals surface area (Å²) in [5, 5.41) is 0. The zero-order valence-corrected chi connectivity index (χ0v) is 14.5. The van der Waals surface area contributed by atoms with Crippen molar-refractivity contribution in [1.82, 2.24) is 4.31 Å². The van der Waals surface area contributed by atoms with Crippen molar-refractivity contribution in [1.29, 1.82) is 0 Å². The van der Waals surface area contributed by atoms with E-state index in [0.29, 0.717) is 43.9 Å². The van der Waals surface area contributed by atoms with Crippen molar-refractivity contribution < 1.29 is 17.5 Å². The maximum absolute atomic E-state index is 14.3. The number of piperidine rings is 1. The standard InChI is InChI=1S/C17H24FNO3S/c1-14-3-5-15(6-4-14)23(20,21)19-9-7-17(8-10-19)11-16(2,18)12-22-13-17/h3-6H,7-13H2,1-2H3. The summed E-state index contributed by atoms with van der Waals surface area (Å²) < 4.78 is 46.7. The molecule has 0 N–H and O–H groups in total. The van der Waals surface area contributed by atoms with Crippen LogP contribution in [0.4, 0.5) is 4.39 Å². The molecule has 3 rings (SSSR count). The average Bonchev–Trinajstić information content (AvgIpc) is 2.47. The molecule has 2 fully saturated rings. The van der Waals surface area contributed by atoms with Gasteiger partial charge in [0.15, 0.2) is 0 Å². The second-order valence-corrected chi connectivity index (χ2v) is 9.24. The Kier molecular flexibility index (Phi) is 4.27. The molecule has 128 valence electrons. The number of halogens is 1. The lowest BCUT2D eigenvalue weighted by molar-refractivity contribution is -0.111. The predicted molar refractivity (Wildman–Crippen MR) is 86.6 cm³/mol. The van der Waals surface area contributed by atoms with Gasteiger partial charge < -0.3 is 4.74 Å². The van der Waals surface area contributed by atoms with Gasteiger partial charge in [-0.2, -0.15) is 4.31 Å². The fraction of sp³-hybridized carbons (Fsp3) is 0.647. The van der Waals surface area contributed by atoms with Crippen molar-refractivity contribution in [2.24, 2.45) is 5.41 Å². The van der Waals surface area contributed by atoms with Gasteiger partial charge in [0.1, 0.15) is 5.67 Å². The van der Waals surface area contributed by atoms with Crippen LogP contribution in [0, 0.1) is 12.3 Å². The first-order chi connectivity index (χ1) is 10.7. The lowest BCUT2D eigenvalue weighted by Crippen LogP contribution is -2.51. The number of hydrogen-bond acceptors (Lipinski definition) is 3. The third kappa shape index (κ3) is 3.44. The minimum atomic E-state index is -3.46. The molecule has 2 aliphatic rings. The summed E-state index contributed by atoms with van der Waals surface area (Å²) in [4.78, 5) is 0.328. The topological polar surface area (TPSA) is 46.6 Å². The number of hydrogen-bond donors (Lipinski definition) is 0. The Morgan fingerprint density at radius 2 is 1.74 bits per heavy atom. The number of alkyl halides is 1. The van der Waals surface area contributed by atoms with Crippen molar-refractivity contribution in [3.05, 3.63) is 29.8 Å². The molecule has 2 saturated heterocycles. The van der Waals surface area contributed by atoms with E-state index in [4.69, 9.17) is 4.74 Å². The molecular formula is C17H24FNO3S. The molecule has 0 radical (unpaired) electrons. The Morgan fingerprint density at radius 3 is 2.30 bits per heavy atom. The molecule has 0 saturated carbocycles. The van der Waals surface area contributed by atoms with Gasteiger partial charge in [0.05, 0.1) is 18.1 Å². The minimum absolute atomic E-state index is 0.139. The summed E-state index contributed by atoms with van der Waals surface area (Å²) in [5.74, 6) is 0. The van der Waals surface area contributed by atoms with E-state index < -0.39 is 15.7 Å². The van der Waals surface area contributed by atoms with E-state index in [9.17, 15) is 12.8 Å². The normalized spacial score (nSPS) is 28.8.